The van der Waals surface area contributed by atoms with Gasteiger partial charge in [-0.15, -0.1) is 0 Å². The van der Waals surface area contributed by atoms with Crippen LogP contribution in [0.25, 0.3) is 0 Å². The molecule has 0 spiro atoms. The van der Waals surface area contributed by atoms with E-state index in [-0.39, 0.29) is 0 Å². The molecule has 0 fully saturated rings. The molecule has 14 heavy (non-hydrogen) atoms. The molecule has 0 saturated carbocycles. The van der Waals surface area contributed by atoms with Crippen LogP contribution in [-0.4, -0.2) is 6.16 Å². The molecule has 0 unspecified atom stereocenters. The summed E-state index contributed by atoms with van der Waals surface area (Å²) in [6.07, 6.45) is 0.118. The van der Waals surface area contributed by atoms with E-state index in [1.165, 1.54) is 6.61 Å². The van der Waals surface area contributed by atoms with Gasteiger partial charge in [-0.2, -0.15) is 0 Å². The highest BCUT2D eigenvalue weighted by Crippen LogP contribution is 2.18. The Bertz CT molecular complexity index is 307. The molecule has 0 bridgehead atoms. The van der Waals surface area contributed by atoms with Gasteiger partial charge in [0.05, 0.1) is 0 Å². The maximum atomic E-state index is 11.0. The fourth-order valence-electron chi connectivity index (χ4n) is 1.11. The van der Waals surface area contributed by atoms with Crippen LogP contribution in [0.15, 0.2) is 24.3 Å². The van der Waals surface area contributed by atoms with E-state index in [4.69, 9.17) is 4.74 Å². The first-order valence-electron chi connectivity index (χ1n) is 4.52. The summed E-state index contributed by atoms with van der Waals surface area (Å²) in [4.78, 5) is 11.0. The van der Waals surface area contributed by atoms with E-state index in [0.29, 0.717) is 5.75 Å². The first-order chi connectivity index (χ1) is 6.77. The molecule has 1 rings (SSSR count). The summed E-state index contributed by atoms with van der Waals surface area (Å²) < 4.78 is 9.54. The third kappa shape index (κ3) is 2.76. The van der Waals surface area contributed by atoms with Crippen LogP contribution in [0.2, 0.25) is 0 Å². The Kier molecular flexibility index (Phi) is 3.98. The molecular formula is C11H13O3. The van der Waals surface area contributed by atoms with Crippen LogP contribution in [0.5, 0.6) is 5.75 Å². The van der Waals surface area contributed by atoms with E-state index in [9.17, 15) is 4.79 Å². The Balaban J connectivity index is 2.70. The molecule has 0 saturated heterocycles. The lowest BCUT2D eigenvalue weighted by Crippen LogP contribution is -2.09. The summed E-state index contributed by atoms with van der Waals surface area (Å²) in [5.41, 5.74) is 0.987. The van der Waals surface area contributed by atoms with Gasteiger partial charge in [0.2, 0.25) is 0 Å². The highest BCUT2D eigenvalue weighted by Gasteiger charge is 2.07. The lowest BCUT2D eigenvalue weighted by molar-refractivity contribution is 0.123. The van der Waals surface area contributed by atoms with Crippen molar-refractivity contribution in [3.63, 3.8) is 0 Å². The van der Waals surface area contributed by atoms with E-state index >= 15 is 0 Å². The second kappa shape index (κ2) is 5.27. The maximum Gasteiger partial charge on any atom is 0.514 e. The summed E-state index contributed by atoms with van der Waals surface area (Å²) >= 11 is 0. The zero-order chi connectivity index (χ0) is 10.4. The van der Waals surface area contributed by atoms with Gasteiger partial charge in [0.1, 0.15) is 12.4 Å². The van der Waals surface area contributed by atoms with Gasteiger partial charge < -0.3 is 9.47 Å². The van der Waals surface area contributed by atoms with Gasteiger partial charge in [-0.1, -0.05) is 25.1 Å². The number of hydrogen-bond acceptors (Lipinski definition) is 3. The van der Waals surface area contributed by atoms with Crippen molar-refractivity contribution in [1.82, 2.24) is 0 Å². The van der Waals surface area contributed by atoms with Crippen LogP contribution in [0.4, 0.5) is 4.79 Å². The minimum Gasteiger partial charge on any atom is -0.427 e. The Labute approximate surface area is 83.6 Å². The SMILES string of the molecule is C[CH]OC(=O)Oc1ccccc1CC. The number of hydrogen-bond donors (Lipinski definition) is 0. The summed E-state index contributed by atoms with van der Waals surface area (Å²) in [7, 11) is 0. The third-order valence-electron chi connectivity index (χ3n) is 1.76. The molecule has 0 aliphatic heterocycles. The molecule has 1 aromatic carbocycles. The standard InChI is InChI=1S/C11H13O3/c1-3-9-7-5-6-8-10(9)14-11(12)13-4-2/h4-8H,3H2,1-2H3. The number of rotatable bonds is 3. The largest absolute Gasteiger partial charge is 0.514 e. The normalized spacial score (nSPS) is 9.57. The molecule has 0 aliphatic carbocycles. The number of carbonyl (C=O) groups excluding carboxylic acids is 1. The summed E-state index contributed by atoms with van der Waals surface area (Å²) in [6, 6.07) is 7.38. The monoisotopic (exact) mass is 193 g/mol. The molecule has 0 heterocycles. The van der Waals surface area contributed by atoms with Crippen molar-refractivity contribution >= 4 is 6.16 Å². The van der Waals surface area contributed by atoms with Crippen molar-refractivity contribution in [2.75, 3.05) is 0 Å². The van der Waals surface area contributed by atoms with Crippen LogP contribution in [-0.2, 0) is 11.2 Å². The zero-order valence-electron chi connectivity index (χ0n) is 8.32. The maximum absolute atomic E-state index is 11.0. The number of ether oxygens (including phenoxy) is 2. The lowest BCUT2D eigenvalue weighted by Gasteiger charge is -2.07. The van der Waals surface area contributed by atoms with Crippen molar-refractivity contribution in [3.05, 3.63) is 36.4 Å². The van der Waals surface area contributed by atoms with E-state index in [1.54, 1.807) is 13.0 Å². The van der Waals surface area contributed by atoms with Gasteiger partial charge in [0.15, 0.2) is 0 Å². The first kappa shape index (κ1) is 10.6. The lowest BCUT2D eigenvalue weighted by atomic mass is 10.1. The predicted octanol–water partition coefficient (Wildman–Crippen LogP) is 2.95. The minimum absolute atomic E-state index is 0.557. The molecule has 0 N–H and O–H groups in total. The summed E-state index contributed by atoms with van der Waals surface area (Å²) in [6.45, 7) is 4.91. The van der Waals surface area contributed by atoms with Gasteiger partial charge in [-0.3, -0.25) is 0 Å². The smallest absolute Gasteiger partial charge is 0.427 e. The van der Waals surface area contributed by atoms with Crippen LogP contribution in [0.1, 0.15) is 19.4 Å². The van der Waals surface area contributed by atoms with Gasteiger partial charge in [-0.05, 0) is 25.0 Å². The van der Waals surface area contributed by atoms with Gasteiger partial charge >= 0.3 is 6.16 Å². The highest BCUT2D eigenvalue weighted by molar-refractivity contribution is 5.64. The molecule has 1 aromatic rings. The molecule has 3 heteroatoms. The van der Waals surface area contributed by atoms with Crippen LogP contribution < -0.4 is 4.74 Å². The number of benzene rings is 1. The van der Waals surface area contributed by atoms with Crippen LogP contribution in [0.3, 0.4) is 0 Å². The molecular weight excluding hydrogens is 180 g/mol. The van der Waals surface area contributed by atoms with Crippen molar-refractivity contribution < 1.29 is 14.3 Å². The number of aryl methyl sites for hydroxylation is 1. The van der Waals surface area contributed by atoms with Crippen molar-refractivity contribution in [2.24, 2.45) is 0 Å². The number of carbonyl (C=O) groups is 1. The fraction of sp³-hybridized carbons (Fsp3) is 0.273. The summed E-state index contributed by atoms with van der Waals surface area (Å²) in [5, 5.41) is 0. The van der Waals surface area contributed by atoms with Crippen molar-refractivity contribution in [2.45, 2.75) is 20.3 Å². The predicted molar refractivity (Wildman–Crippen MR) is 52.9 cm³/mol. The Hall–Kier alpha value is -1.51. The van der Waals surface area contributed by atoms with Gasteiger partial charge in [0, 0.05) is 0 Å². The molecule has 75 valence electrons. The first-order valence-corrected chi connectivity index (χ1v) is 4.52. The molecule has 0 aliphatic rings. The third-order valence-corrected chi connectivity index (χ3v) is 1.76. The Morgan fingerprint density at radius 2 is 2.14 bits per heavy atom. The van der Waals surface area contributed by atoms with Gasteiger partial charge in [-0.25, -0.2) is 4.79 Å². The van der Waals surface area contributed by atoms with E-state index in [0.717, 1.165) is 12.0 Å². The van der Waals surface area contributed by atoms with E-state index in [2.05, 4.69) is 4.74 Å². The Morgan fingerprint density at radius 1 is 1.43 bits per heavy atom. The topological polar surface area (TPSA) is 35.5 Å². The van der Waals surface area contributed by atoms with Crippen LogP contribution in [0, 0.1) is 6.61 Å². The molecule has 0 aromatic heterocycles. The van der Waals surface area contributed by atoms with E-state index in [1.807, 2.05) is 25.1 Å². The van der Waals surface area contributed by atoms with Gasteiger partial charge in [0.25, 0.3) is 0 Å². The molecule has 3 nitrogen and oxygen atoms in total. The quantitative estimate of drug-likeness (QED) is 0.547. The molecule has 0 atom stereocenters. The van der Waals surface area contributed by atoms with Crippen LogP contribution >= 0.6 is 0 Å². The highest BCUT2D eigenvalue weighted by atomic mass is 16.7. The van der Waals surface area contributed by atoms with Crippen molar-refractivity contribution in [1.29, 1.82) is 0 Å². The minimum atomic E-state index is -0.701. The average Bonchev–Trinajstić information content (AvgIpc) is 2.19. The average molecular weight is 193 g/mol. The van der Waals surface area contributed by atoms with E-state index < -0.39 is 6.16 Å². The number of para-hydroxylation sites is 1. The second-order valence-electron chi connectivity index (χ2n) is 2.67. The molecule has 0 amide bonds. The second-order valence-corrected chi connectivity index (χ2v) is 2.67. The summed E-state index contributed by atoms with van der Waals surface area (Å²) in [5.74, 6) is 0.557. The molecule has 1 radical (unpaired) electrons. The van der Waals surface area contributed by atoms with Crippen molar-refractivity contribution in [3.8, 4) is 5.75 Å². The zero-order valence-corrected chi connectivity index (χ0v) is 8.32. The fourth-order valence-corrected chi connectivity index (χ4v) is 1.11. The Morgan fingerprint density at radius 3 is 2.79 bits per heavy atom.